The van der Waals surface area contributed by atoms with Gasteiger partial charge in [0.1, 0.15) is 6.04 Å². The average molecular weight is 181 g/mol. The molecule has 1 atom stereocenters. The van der Waals surface area contributed by atoms with Crippen molar-refractivity contribution >= 4 is 0 Å². The molecule has 0 bridgehead atoms. The average Bonchev–Trinajstić information content (AvgIpc) is 2.87. The second-order valence-corrected chi connectivity index (χ2v) is 3.90. The van der Waals surface area contributed by atoms with Gasteiger partial charge in [0.2, 0.25) is 0 Å². The van der Waals surface area contributed by atoms with Crippen LogP contribution in [0.1, 0.15) is 19.8 Å². The molecule has 1 aliphatic carbocycles. The van der Waals surface area contributed by atoms with Crippen LogP contribution in [0.5, 0.6) is 0 Å². The Morgan fingerprint density at radius 1 is 1.62 bits per heavy atom. The number of nitrogens with zero attached hydrogens (tertiary/aromatic N) is 2. The third-order valence-corrected chi connectivity index (χ3v) is 2.37. The van der Waals surface area contributed by atoms with Gasteiger partial charge >= 0.3 is 0 Å². The first-order valence-corrected chi connectivity index (χ1v) is 5.07. The van der Waals surface area contributed by atoms with Crippen molar-refractivity contribution in [2.24, 2.45) is 5.92 Å². The van der Waals surface area contributed by atoms with Gasteiger partial charge < -0.3 is 10.2 Å². The van der Waals surface area contributed by atoms with E-state index in [4.69, 9.17) is 5.26 Å². The minimum absolute atomic E-state index is 0.00579. The Morgan fingerprint density at radius 3 is 2.77 bits per heavy atom. The number of nitrogens with one attached hydrogen (secondary N) is 1. The number of likely N-dealkylation sites (N-methyl/N-ethyl adjacent to an activating group) is 2. The fourth-order valence-electron chi connectivity index (χ4n) is 1.52. The largest absolute Gasteiger partial charge is 0.303 e. The summed E-state index contributed by atoms with van der Waals surface area (Å²) in [5.41, 5.74) is 0. The van der Waals surface area contributed by atoms with E-state index in [1.54, 1.807) is 0 Å². The summed E-state index contributed by atoms with van der Waals surface area (Å²) in [5, 5.41) is 12.0. The maximum atomic E-state index is 8.82. The van der Waals surface area contributed by atoms with Crippen molar-refractivity contribution in [1.29, 1.82) is 5.26 Å². The normalized spacial score (nSPS) is 18.6. The van der Waals surface area contributed by atoms with Crippen molar-refractivity contribution in [3.63, 3.8) is 0 Å². The van der Waals surface area contributed by atoms with Crippen LogP contribution in [0, 0.1) is 17.2 Å². The molecular formula is C10H19N3. The third-order valence-electron chi connectivity index (χ3n) is 2.37. The van der Waals surface area contributed by atoms with E-state index < -0.39 is 0 Å². The first kappa shape index (κ1) is 10.5. The van der Waals surface area contributed by atoms with Crippen LogP contribution in [0.15, 0.2) is 0 Å². The van der Waals surface area contributed by atoms with E-state index in [2.05, 4.69) is 23.3 Å². The van der Waals surface area contributed by atoms with E-state index >= 15 is 0 Å². The van der Waals surface area contributed by atoms with Gasteiger partial charge in [0.15, 0.2) is 0 Å². The van der Waals surface area contributed by atoms with Gasteiger partial charge in [-0.15, -0.1) is 0 Å². The lowest BCUT2D eigenvalue weighted by molar-refractivity contribution is 0.300. The molecule has 0 aromatic carbocycles. The highest BCUT2D eigenvalue weighted by atomic mass is 15.1. The van der Waals surface area contributed by atoms with Crippen LogP contribution < -0.4 is 5.32 Å². The second kappa shape index (κ2) is 5.21. The molecule has 0 aromatic heterocycles. The number of hydrogen-bond donors (Lipinski definition) is 1. The predicted octanol–water partition coefficient (Wildman–Crippen LogP) is 0.830. The van der Waals surface area contributed by atoms with Crippen molar-refractivity contribution < 1.29 is 0 Å². The van der Waals surface area contributed by atoms with E-state index in [9.17, 15) is 0 Å². The molecule has 0 saturated heterocycles. The molecule has 3 nitrogen and oxygen atoms in total. The molecule has 0 spiro atoms. The lowest BCUT2D eigenvalue weighted by Crippen LogP contribution is -2.39. The van der Waals surface area contributed by atoms with Gasteiger partial charge in [0.05, 0.1) is 6.07 Å². The Bertz CT molecular complexity index is 181. The van der Waals surface area contributed by atoms with Crippen molar-refractivity contribution in [3.8, 4) is 6.07 Å². The van der Waals surface area contributed by atoms with Crippen LogP contribution in [0.2, 0.25) is 0 Å². The fraction of sp³-hybridized carbons (Fsp3) is 0.900. The van der Waals surface area contributed by atoms with Crippen LogP contribution in [0.3, 0.4) is 0 Å². The molecule has 1 unspecified atom stereocenters. The molecule has 0 amide bonds. The van der Waals surface area contributed by atoms with Gasteiger partial charge in [-0.05, 0) is 32.4 Å². The van der Waals surface area contributed by atoms with Crippen molar-refractivity contribution in [3.05, 3.63) is 0 Å². The molecule has 1 fully saturated rings. The smallest absolute Gasteiger partial charge is 0.108 e. The van der Waals surface area contributed by atoms with Gasteiger partial charge in [-0.1, -0.05) is 6.92 Å². The first-order chi connectivity index (χ1) is 6.26. The van der Waals surface area contributed by atoms with Crippen LogP contribution in [-0.2, 0) is 0 Å². The van der Waals surface area contributed by atoms with Crippen LogP contribution >= 0.6 is 0 Å². The Balaban J connectivity index is 2.15. The molecule has 1 rings (SSSR count). The lowest BCUT2D eigenvalue weighted by atomic mass is 10.3. The van der Waals surface area contributed by atoms with Gasteiger partial charge in [-0.3, -0.25) is 0 Å². The quantitative estimate of drug-likeness (QED) is 0.659. The van der Waals surface area contributed by atoms with Crippen molar-refractivity contribution in [1.82, 2.24) is 10.2 Å². The zero-order chi connectivity index (χ0) is 9.68. The monoisotopic (exact) mass is 181 g/mol. The maximum absolute atomic E-state index is 8.82. The minimum atomic E-state index is -0.00579. The van der Waals surface area contributed by atoms with E-state index in [1.165, 1.54) is 12.8 Å². The summed E-state index contributed by atoms with van der Waals surface area (Å²) in [6, 6.07) is 2.27. The Morgan fingerprint density at radius 2 is 2.31 bits per heavy atom. The molecule has 74 valence electrons. The first-order valence-electron chi connectivity index (χ1n) is 5.07. The zero-order valence-electron chi connectivity index (χ0n) is 8.58. The Hall–Kier alpha value is -0.590. The molecule has 1 saturated carbocycles. The van der Waals surface area contributed by atoms with E-state index in [-0.39, 0.29) is 6.04 Å². The summed E-state index contributed by atoms with van der Waals surface area (Å²) >= 11 is 0. The Labute approximate surface area is 80.7 Å². The maximum Gasteiger partial charge on any atom is 0.108 e. The molecule has 0 radical (unpaired) electrons. The standard InChI is InChI=1S/C10H19N3/c1-3-12-10(6-11)8-13(2)7-9-4-5-9/h9-10,12H,3-5,7-8H2,1-2H3. The Kier molecular flexibility index (Phi) is 4.20. The van der Waals surface area contributed by atoms with E-state index in [1.807, 2.05) is 6.92 Å². The lowest BCUT2D eigenvalue weighted by Gasteiger charge is -2.19. The highest BCUT2D eigenvalue weighted by Crippen LogP contribution is 2.29. The van der Waals surface area contributed by atoms with E-state index in [0.29, 0.717) is 0 Å². The molecule has 1 N–H and O–H groups in total. The molecular weight excluding hydrogens is 162 g/mol. The molecule has 0 aromatic rings. The minimum Gasteiger partial charge on any atom is -0.303 e. The summed E-state index contributed by atoms with van der Waals surface area (Å²) in [5.74, 6) is 0.908. The summed E-state index contributed by atoms with van der Waals surface area (Å²) in [4.78, 5) is 2.26. The van der Waals surface area contributed by atoms with Gasteiger partial charge in [0, 0.05) is 13.1 Å². The topological polar surface area (TPSA) is 39.1 Å². The van der Waals surface area contributed by atoms with Gasteiger partial charge in [-0.25, -0.2) is 0 Å². The molecule has 13 heavy (non-hydrogen) atoms. The number of hydrogen-bond acceptors (Lipinski definition) is 3. The highest BCUT2D eigenvalue weighted by molar-refractivity contribution is 4.92. The second-order valence-electron chi connectivity index (χ2n) is 3.90. The summed E-state index contributed by atoms with van der Waals surface area (Å²) < 4.78 is 0. The molecule has 3 heteroatoms. The fourth-order valence-corrected chi connectivity index (χ4v) is 1.52. The van der Waals surface area contributed by atoms with Crippen molar-refractivity contribution in [2.75, 3.05) is 26.7 Å². The van der Waals surface area contributed by atoms with Crippen LogP contribution in [0.25, 0.3) is 0 Å². The van der Waals surface area contributed by atoms with Gasteiger partial charge in [-0.2, -0.15) is 5.26 Å². The van der Waals surface area contributed by atoms with Crippen LogP contribution in [-0.4, -0.2) is 37.6 Å². The predicted molar refractivity (Wildman–Crippen MR) is 53.3 cm³/mol. The third kappa shape index (κ3) is 4.25. The highest BCUT2D eigenvalue weighted by Gasteiger charge is 2.23. The number of nitriles is 1. The number of rotatable bonds is 6. The SMILES string of the molecule is CCNC(C#N)CN(C)CC1CC1. The van der Waals surface area contributed by atoms with E-state index in [0.717, 1.165) is 25.6 Å². The molecule has 0 aliphatic heterocycles. The summed E-state index contributed by atoms with van der Waals surface area (Å²) in [7, 11) is 2.10. The van der Waals surface area contributed by atoms with Gasteiger partial charge in [0.25, 0.3) is 0 Å². The summed E-state index contributed by atoms with van der Waals surface area (Å²) in [6.07, 6.45) is 2.76. The van der Waals surface area contributed by atoms with Crippen molar-refractivity contribution in [2.45, 2.75) is 25.8 Å². The molecule has 0 heterocycles. The molecule has 1 aliphatic rings. The van der Waals surface area contributed by atoms with Crippen LogP contribution in [0.4, 0.5) is 0 Å². The zero-order valence-corrected chi connectivity index (χ0v) is 8.58. The summed E-state index contributed by atoms with van der Waals surface area (Å²) in [6.45, 7) is 4.91.